The summed E-state index contributed by atoms with van der Waals surface area (Å²) >= 11 is 0. The first-order valence-electron chi connectivity index (χ1n) is 4.08. The number of amides is 1. The van der Waals surface area contributed by atoms with Crippen molar-refractivity contribution in [3.05, 3.63) is 0 Å². The van der Waals surface area contributed by atoms with E-state index in [2.05, 4.69) is 0 Å². The van der Waals surface area contributed by atoms with Crippen molar-refractivity contribution >= 4 is 11.7 Å². The highest BCUT2D eigenvalue weighted by atomic mass is 16.2. The van der Waals surface area contributed by atoms with Crippen LogP contribution in [0.3, 0.4) is 0 Å². The molecule has 1 heterocycles. The van der Waals surface area contributed by atoms with Gasteiger partial charge in [0.05, 0.1) is 6.42 Å². The second-order valence-electron chi connectivity index (χ2n) is 3.28. The van der Waals surface area contributed by atoms with Gasteiger partial charge in [-0.25, -0.2) is 0 Å². The fraction of sp³-hybridized carbons (Fsp3) is 0.750. The van der Waals surface area contributed by atoms with Gasteiger partial charge in [-0.3, -0.25) is 9.59 Å². The van der Waals surface area contributed by atoms with Crippen LogP contribution in [0.4, 0.5) is 0 Å². The summed E-state index contributed by atoms with van der Waals surface area (Å²) in [6.07, 6.45) is 3.00. The lowest BCUT2D eigenvalue weighted by molar-refractivity contribution is -0.139. The Kier molecular flexibility index (Phi) is 1.44. The minimum atomic E-state index is 0.0451. The highest BCUT2D eigenvalue weighted by Gasteiger charge is 2.35. The van der Waals surface area contributed by atoms with Gasteiger partial charge >= 0.3 is 0 Å². The number of piperidine rings is 1. The predicted molar refractivity (Wildman–Crippen MR) is 39.0 cm³/mol. The average molecular weight is 153 g/mol. The number of nitrogens with zero attached hydrogens (tertiary/aromatic N) is 1. The molecule has 0 bridgehead atoms. The van der Waals surface area contributed by atoms with Gasteiger partial charge in [-0.05, 0) is 12.8 Å². The number of carbonyl (C=O) groups is 2. The molecule has 60 valence electrons. The topological polar surface area (TPSA) is 37.4 Å². The van der Waals surface area contributed by atoms with Crippen LogP contribution in [0, 0.1) is 0 Å². The summed E-state index contributed by atoms with van der Waals surface area (Å²) in [5.74, 6) is 0.149. The molecule has 2 fully saturated rings. The van der Waals surface area contributed by atoms with E-state index >= 15 is 0 Å². The smallest absolute Gasteiger partial charge is 0.230 e. The third kappa shape index (κ3) is 1.27. The van der Waals surface area contributed by atoms with Gasteiger partial charge in [-0.15, -0.1) is 0 Å². The SMILES string of the molecule is O=C1CCN(C2CC2)C(=O)C1. The summed E-state index contributed by atoms with van der Waals surface area (Å²) in [5, 5.41) is 0. The minimum Gasteiger partial charge on any atom is -0.339 e. The number of hydrogen-bond donors (Lipinski definition) is 0. The maximum atomic E-state index is 11.2. The van der Waals surface area contributed by atoms with Gasteiger partial charge in [0, 0.05) is 19.0 Å². The van der Waals surface area contributed by atoms with Crippen LogP contribution >= 0.6 is 0 Å². The summed E-state index contributed by atoms with van der Waals surface area (Å²) in [6, 6.07) is 0.482. The van der Waals surface area contributed by atoms with Gasteiger partial charge in [0.25, 0.3) is 0 Å². The standard InChI is InChI=1S/C8H11NO2/c10-7-3-4-9(6-1-2-6)8(11)5-7/h6H,1-5H2. The molecular weight excluding hydrogens is 142 g/mol. The molecule has 11 heavy (non-hydrogen) atoms. The molecule has 2 rings (SSSR count). The maximum Gasteiger partial charge on any atom is 0.230 e. The molecule has 1 saturated carbocycles. The summed E-state index contributed by atoms with van der Waals surface area (Å²) in [5.41, 5.74) is 0. The Balaban J connectivity index is 2.00. The molecule has 1 aliphatic carbocycles. The van der Waals surface area contributed by atoms with Crippen molar-refractivity contribution in [3.63, 3.8) is 0 Å². The van der Waals surface area contributed by atoms with Gasteiger partial charge < -0.3 is 4.90 Å². The van der Waals surface area contributed by atoms with E-state index in [1.165, 1.54) is 0 Å². The molecule has 0 atom stereocenters. The van der Waals surface area contributed by atoms with Crippen molar-refractivity contribution < 1.29 is 9.59 Å². The van der Waals surface area contributed by atoms with E-state index in [1.807, 2.05) is 4.90 Å². The largest absolute Gasteiger partial charge is 0.339 e. The summed E-state index contributed by atoms with van der Waals surface area (Å²) in [7, 11) is 0. The number of ketones is 1. The summed E-state index contributed by atoms with van der Waals surface area (Å²) in [6.45, 7) is 0.669. The molecular formula is C8H11NO2. The van der Waals surface area contributed by atoms with Gasteiger partial charge in [-0.1, -0.05) is 0 Å². The Labute approximate surface area is 65.4 Å². The molecule has 0 N–H and O–H groups in total. The van der Waals surface area contributed by atoms with Crippen LogP contribution in [-0.4, -0.2) is 29.2 Å². The number of hydrogen-bond acceptors (Lipinski definition) is 2. The monoisotopic (exact) mass is 153 g/mol. The highest BCUT2D eigenvalue weighted by Crippen LogP contribution is 2.29. The zero-order valence-corrected chi connectivity index (χ0v) is 6.38. The van der Waals surface area contributed by atoms with Gasteiger partial charge in [-0.2, -0.15) is 0 Å². The first kappa shape index (κ1) is 6.83. The number of rotatable bonds is 1. The van der Waals surface area contributed by atoms with Crippen molar-refractivity contribution in [1.82, 2.24) is 4.90 Å². The van der Waals surface area contributed by atoms with E-state index in [1.54, 1.807) is 0 Å². The fourth-order valence-electron chi connectivity index (χ4n) is 1.50. The Morgan fingerprint density at radius 1 is 1.27 bits per heavy atom. The molecule has 3 nitrogen and oxygen atoms in total. The van der Waals surface area contributed by atoms with E-state index in [0.717, 1.165) is 12.8 Å². The highest BCUT2D eigenvalue weighted by molar-refractivity contribution is 6.00. The number of Topliss-reactive ketones (excluding diaryl/α,β-unsaturated/α-hetero) is 1. The van der Waals surface area contributed by atoms with Gasteiger partial charge in [0.1, 0.15) is 5.78 Å². The van der Waals surface area contributed by atoms with Crippen molar-refractivity contribution in [1.29, 1.82) is 0 Å². The molecule has 1 aliphatic heterocycles. The van der Waals surface area contributed by atoms with E-state index in [9.17, 15) is 9.59 Å². The van der Waals surface area contributed by atoms with Crippen LogP contribution in [-0.2, 0) is 9.59 Å². The third-order valence-corrected chi connectivity index (χ3v) is 2.29. The maximum absolute atomic E-state index is 11.2. The first-order valence-corrected chi connectivity index (χ1v) is 4.08. The average Bonchev–Trinajstić information content (AvgIpc) is 2.70. The number of likely N-dealkylation sites (tertiary alicyclic amines) is 1. The van der Waals surface area contributed by atoms with Crippen LogP contribution in [0.2, 0.25) is 0 Å². The van der Waals surface area contributed by atoms with Gasteiger partial charge in [0.2, 0.25) is 5.91 Å². The molecule has 1 amide bonds. The molecule has 3 heteroatoms. The third-order valence-electron chi connectivity index (χ3n) is 2.29. The lowest BCUT2D eigenvalue weighted by Crippen LogP contribution is -2.40. The Morgan fingerprint density at radius 3 is 2.55 bits per heavy atom. The van der Waals surface area contributed by atoms with Crippen LogP contribution < -0.4 is 0 Å². The Bertz CT molecular complexity index is 208. The second-order valence-corrected chi connectivity index (χ2v) is 3.28. The molecule has 2 aliphatic rings. The normalized spacial score (nSPS) is 26.0. The number of carbonyl (C=O) groups excluding carboxylic acids is 2. The van der Waals surface area contributed by atoms with Crippen LogP contribution in [0.1, 0.15) is 25.7 Å². The molecule has 1 saturated heterocycles. The molecule has 0 spiro atoms. The van der Waals surface area contributed by atoms with Crippen LogP contribution in [0.25, 0.3) is 0 Å². The van der Waals surface area contributed by atoms with Gasteiger partial charge in [0.15, 0.2) is 0 Å². The zero-order valence-electron chi connectivity index (χ0n) is 6.38. The zero-order chi connectivity index (χ0) is 7.84. The first-order chi connectivity index (χ1) is 5.27. The van der Waals surface area contributed by atoms with Crippen molar-refractivity contribution in [2.45, 2.75) is 31.7 Å². The fourth-order valence-corrected chi connectivity index (χ4v) is 1.50. The molecule has 0 aromatic rings. The van der Waals surface area contributed by atoms with E-state index < -0.39 is 0 Å². The van der Waals surface area contributed by atoms with Crippen molar-refractivity contribution in [2.24, 2.45) is 0 Å². The lowest BCUT2D eigenvalue weighted by Gasteiger charge is -2.25. The lowest BCUT2D eigenvalue weighted by atomic mass is 10.1. The Hall–Kier alpha value is -0.860. The predicted octanol–water partition coefficient (Wildman–Crippen LogP) is 0.340. The van der Waals surface area contributed by atoms with Crippen molar-refractivity contribution in [3.8, 4) is 0 Å². The Morgan fingerprint density at radius 2 is 2.00 bits per heavy atom. The van der Waals surface area contributed by atoms with Crippen LogP contribution in [0.15, 0.2) is 0 Å². The quantitative estimate of drug-likeness (QED) is 0.509. The van der Waals surface area contributed by atoms with E-state index in [4.69, 9.17) is 0 Å². The molecule has 0 unspecified atom stereocenters. The summed E-state index contributed by atoms with van der Waals surface area (Å²) < 4.78 is 0. The van der Waals surface area contributed by atoms with E-state index in [0.29, 0.717) is 19.0 Å². The molecule has 0 aromatic carbocycles. The van der Waals surface area contributed by atoms with Crippen LogP contribution in [0.5, 0.6) is 0 Å². The summed E-state index contributed by atoms with van der Waals surface area (Å²) in [4.78, 5) is 23.9. The molecule has 0 aromatic heterocycles. The second kappa shape index (κ2) is 2.32. The van der Waals surface area contributed by atoms with E-state index in [-0.39, 0.29) is 18.1 Å². The van der Waals surface area contributed by atoms with Crippen molar-refractivity contribution in [2.75, 3.05) is 6.54 Å². The molecule has 0 radical (unpaired) electrons. The minimum absolute atomic E-state index is 0.0451.